The molecule has 0 saturated heterocycles. The average molecular weight is 236 g/mol. The number of hydrogen-bond acceptors (Lipinski definition) is 3. The molecule has 0 aromatic carbocycles. The highest BCUT2D eigenvalue weighted by atomic mass is 16.4. The first kappa shape index (κ1) is 12.7. The van der Waals surface area contributed by atoms with Crippen LogP contribution in [0.3, 0.4) is 0 Å². The number of pyridine rings is 1. The lowest BCUT2D eigenvalue weighted by atomic mass is 10.2. The summed E-state index contributed by atoms with van der Waals surface area (Å²) in [6, 6.07) is 1.21. The highest BCUT2D eigenvalue weighted by Gasteiger charge is 2.19. The van der Waals surface area contributed by atoms with Crippen molar-refractivity contribution in [1.29, 1.82) is 0 Å². The Kier molecular flexibility index (Phi) is 4.21. The molecule has 0 aliphatic rings. The Labute approximate surface area is 97.2 Å². The van der Waals surface area contributed by atoms with Gasteiger partial charge in [-0.2, -0.15) is 0 Å². The molecule has 6 heteroatoms. The van der Waals surface area contributed by atoms with Gasteiger partial charge in [0.15, 0.2) is 5.43 Å². The first-order valence-electron chi connectivity index (χ1n) is 4.85. The Bertz CT molecular complexity index is 492. The van der Waals surface area contributed by atoms with Gasteiger partial charge in [-0.1, -0.05) is 6.08 Å². The van der Waals surface area contributed by atoms with Crippen molar-refractivity contribution in [3.8, 4) is 0 Å². The van der Waals surface area contributed by atoms with E-state index in [9.17, 15) is 14.4 Å². The van der Waals surface area contributed by atoms with Crippen LogP contribution in [0.25, 0.3) is 0 Å². The summed E-state index contributed by atoms with van der Waals surface area (Å²) in [5.41, 5.74) is -0.538. The largest absolute Gasteiger partial charge is 0.480 e. The number of nitrogens with zero attached hydrogens (tertiary/aromatic N) is 1. The van der Waals surface area contributed by atoms with Gasteiger partial charge in [0.1, 0.15) is 12.1 Å². The molecule has 1 amide bonds. The molecule has 0 aliphatic carbocycles. The zero-order valence-electron chi connectivity index (χ0n) is 9.05. The third kappa shape index (κ3) is 3.30. The van der Waals surface area contributed by atoms with Crippen LogP contribution in [-0.2, 0) is 4.79 Å². The van der Waals surface area contributed by atoms with Crippen LogP contribution in [0.4, 0.5) is 0 Å². The topological polar surface area (TPSA) is 90.5 Å². The second-order valence-corrected chi connectivity index (χ2v) is 3.29. The number of carboxylic acids is 1. The molecular formula is C11H12N2O4. The van der Waals surface area contributed by atoms with Gasteiger partial charge in [-0.15, -0.1) is 6.58 Å². The number of rotatable bonds is 5. The van der Waals surface area contributed by atoms with Crippen molar-refractivity contribution in [1.82, 2.24) is 9.88 Å². The number of carbonyl (C=O) groups excluding carboxylic acids is 1. The van der Waals surface area contributed by atoms with Crippen molar-refractivity contribution < 1.29 is 14.7 Å². The lowest BCUT2D eigenvalue weighted by Crippen LogP contribution is -2.38. The summed E-state index contributed by atoms with van der Waals surface area (Å²) in [5.74, 6) is -1.78. The molecule has 17 heavy (non-hydrogen) atoms. The molecule has 1 aromatic rings. The summed E-state index contributed by atoms with van der Waals surface area (Å²) < 4.78 is 0. The normalized spacial score (nSPS) is 9.65. The molecule has 0 radical (unpaired) electrons. The predicted octanol–water partition coefficient (Wildman–Crippen LogP) is 0.0877. The lowest BCUT2D eigenvalue weighted by Gasteiger charge is -2.18. The van der Waals surface area contributed by atoms with Gasteiger partial charge >= 0.3 is 5.97 Å². The van der Waals surface area contributed by atoms with Crippen molar-refractivity contribution in [2.45, 2.75) is 0 Å². The summed E-state index contributed by atoms with van der Waals surface area (Å²) in [7, 11) is 0. The SMILES string of the molecule is C=CCN(CC(=O)O)C(=O)c1c[nH]ccc1=O. The molecule has 1 heterocycles. The van der Waals surface area contributed by atoms with Gasteiger partial charge in [0.05, 0.1) is 0 Å². The van der Waals surface area contributed by atoms with Crippen LogP contribution >= 0.6 is 0 Å². The molecule has 1 rings (SSSR count). The lowest BCUT2D eigenvalue weighted by molar-refractivity contribution is -0.137. The maximum Gasteiger partial charge on any atom is 0.323 e. The van der Waals surface area contributed by atoms with E-state index < -0.39 is 23.9 Å². The summed E-state index contributed by atoms with van der Waals surface area (Å²) in [6.45, 7) is 3.03. The van der Waals surface area contributed by atoms with E-state index in [1.165, 1.54) is 24.5 Å². The Morgan fingerprint density at radius 1 is 1.53 bits per heavy atom. The van der Waals surface area contributed by atoms with Gasteiger partial charge < -0.3 is 15.0 Å². The van der Waals surface area contributed by atoms with E-state index in [0.717, 1.165) is 4.90 Å². The van der Waals surface area contributed by atoms with E-state index in [1.54, 1.807) is 0 Å². The summed E-state index contributed by atoms with van der Waals surface area (Å²) >= 11 is 0. The van der Waals surface area contributed by atoms with Crippen LogP contribution in [0.5, 0.6) is 0 Å². The molecule has 1 aromatic heterocycles. The third-order valence-electron chi connectivity index (χ3n) is 2.02. The van der Waals surface area contributed by atoms with Gasteiger partial charge in [-0.05, 0) is 0 Å². The number of hydrogen-bond donors (Lipinski definition) is 2. The number of aromatic amines is 1. The average Bonchev–Trinajstić information content (AvgIpc) is 2.28. The Morgan fingerprint density at radius 2 is 2.24 bits per heavy atom. The molecule has 0 aliphatic heterocycles. The molecule has 6 nitrogen and oxygen atoms in total. The van der Waals surface area contributed by atoms with Gasteiger partial charge in [0, 0.05) is 25.0 Å². The third-order valence-corrected chi connectivity index (χ3v) is 2.02. The van der Waals surface area contributed by atoms with Crippen LogP contribution in [-0.4, -0.2) is 40.0 Å². The second kappa shape index (κ2) is 5.64. The summed E-state index contributed by atoms with van der Waals surface area (Å²) in [5, 5.41) is 8.66. The Balaban J connectivity index is 2.99. The fourth-order valence-corrected chi connectivity index (χ4v) is 1.29. The molecule has 0 spiro atoms. The van der Waals surface area contributed by atoms with Gasteiger partial charge in [0.2, 0.25) is 0 Å². The number of nitrogens with one attached hydrogen (secondary N) is 1. The number of aromatic nitrogens is 1. The zero-order valence-corrected chi connectivity index (χ0v) is 9.05. The van der Waals surface area contributed by atoms with Gasteiger partial charge in [0.25, 0.3) is 5.91 Å². The molecule has 0 fully saturated rings. The van der Waals surface area contributed by atoms with E-state index in [2.05, 4.69) is 11.6 Å². The van der Waals surface area contributed by atoms with E-state index in [-0.39, 0.29) is 12.1 Å². The molecule has 0 bridgehead atoms. The van der Waals surface area contributed by atoms with E-state index in [4.69, 9.17) is 5.11 Å². The minimum atomic E-state index is -1.15. The highest BCUT2D eigenvalue weighted by Crippen LogP contribution is 1.99. The van der Waals surface area contributed by atoms with Crippen molar-refractivity contribution >= 4 is 11.9 Å². The van der Waals surface area contributed by atoms with Crippen LogP contribution in [0.15, 0.2) is 35.9 Å². The minimum Gasteiger partial charge on any atom is -0.480 e. The smallest absolute Gasteiger partial charge is 0.323 e. The standard InChI is InChI=1S/C11H12N2O4/c1-2-5-13(7-10(15)16)11(17)8-6-12-4-3-9(8)14/h2-4,6H,1,5,7H2,(H,12,14)(H,15,16). The van der Waals surface area contributed by atoms with E-state index in [0.29, 0.717) is 0 Å². The Morgan fingerprint density at radius 3 is 2.76 bits per heavy atom. The van der Waals surface area contributed by atoms with Crippen molar-refractivity contribution in [2.24, 2.45) is 0 Å². The molecule has 0 unspecified atom stereocenters. The number of aliphatic carboxylic acids is 1. The van der Waals surface area contributed by atoms with Crippen LogP contribution in [0, 0.1) is 0 Å². The fraction of sp³-hybridized carbons (Fsp3) is 0.182. The van der Waals surface area contributed by atoms with E-state index in [1.807, 2.05) is 0 Å². The maximum absolute atomic E-state index is 11.9. The van der Waals surface area contributed by atoms with Crippen molar-refractivity contribution in [2.75, 3.05) is 13.1 Å². The van der Waals surface area contributed by atoms with Crippen LogP contribution < -0.4 is 5.43 Å². The predicted molar refractivity (Wildman–Crippen MR) is 60.8 cm³/mol. The molecule has 0 atom stereocenters. The Hall–Kier alpha value is -2.37. The zero-order chi connectivity index (χ0) is 12.8. The fourth-order valence-electron chi connectivity index (χ4n) is 1.29. The number of carbonyl (C=O) groups is 2. The van der Waals surface area contributed by atoms with Crippen LogP contribution in [0.2, 0.25) is 0 Å². The van der Waals surface area contributed by atoms with Gasteiger partial charge in [-0.25, -0.2) is 0 Å². The van der Waals surface area contributed by atoms with E-state index >= 15 is 0 Å². The van der Waals surface area contributed by atoms with Crippen molar-refractivity contribution in [3.05, 3.63) is 46.9 Å². The highest BCUT2D eigenvalue weighted by molar-refractivity contribution is 5.95. The number of carboxylic acid groups (broad SMARTS) is 1. The maximum atomic E-state index is 11.9. The first-order valence-corrected chi connectivity index (χ1v) is 4.85. The minimum absolute atomic E-state index is 0.0689. The monoisotopic (exact) mass is 236 g/mol. The summed E-state index contributed by atoms with van der Waals surface area (Å²) in [6.07, 6.45) is 4.05. The second-order valence-electron chi connectivity index (χ2n) is 3.29. The number of amides is 1. The van der Waals surface area contributed by atoms with Crippen molar-refractivity contribution in [3.63, 3.8) is 0 Å². The molecule has 90 valence electrons. The van der Waals surface area contributed by atoms with Crippen LogP contribution in [0.1, 0.15) is 10.4 Å². The number of H-pyrrole nitrogens is 1. The quantitative estimate of drug-likeness (QED) is 0.709. The summed E-state index contributed by atoms with van der Waals surface area (Å²) in [4.78, 5) is 37.5. The van der Waals surface area contributed by atoms with Gasteiger partial charge in [-0.3, -0.25) is 14.4 Å². The first-order chi connectivity index (χ1) is 8.06. The molecule has 2 N–H and O–H groups in total. The molecule has 0 saturated carbocycles. The molecular weight excluding hydrogens is 224 g/mol.